The highest BCUT2D eigenvalue weighted by Gasteiger charge is 2.28. The van der Waals surface area contributed by atoms with Gasteiger partial charge in [0.05, 0.1) is 11.7 Å². The van der Waals surface area contributed by atoms with Gasteiger partial charge in [-0.2, -0.15) is 4.37 Å². The number of likely N-dealkylation sites (N-methyl/N-ethyl adjacent to an activating group) is 1. The van der Waals surface area contributed by atoms with Crippen LogP contribution in [0.25, 0.3) is 0 Å². The second-order valence-electron chi connectivity index (χ2n) is 4.42. The third-order valence-electron chi connectivity index (χ3n) is 2.70. The molecular formula is C11H17N3O3S. The van der Waals surface area contributed by atoms with E-state index in [1.807, 2.05) is 13.8 Å². The average molecular weight is 271 g/mol. The van der Waals surface area contributed by atoms with Gasteiger partial charge < -0.3 is 15.7 Å². The molecule has 0 aliphatic rings. The van der Waals surface area contributed by atoms with E-state index < -0.39 is 12.0 Å². The summed E-state index contributed by atoms with van der Waals surface area (Å²) in [4.78, 5) is 24.5. The van der Waals surface area contributed by atoms with Gasteiger partial charge in [-0.05, 0) is 24.4 Å². The summed E-state index contributed by atoms with van der Waals surface area (Å²) in [6.07, 6.45) is 0. The van der Waals surface area contributed by atoms with Crippen molar-refractivity contribution in [3.63, 3.8) is 0 Å². The third-order valence-corrected chi connectivity index (χ3v) is 3.71. The number of carbonyl (C=O) groups excluding carboxylic acids is 1. The summed E-state index contributed by atoms with van der Waals surface area (Å²) in [6, 6.07) is -0.654. The number of aromatic nitrogens is 1. The number of hydrogen-bond donors (Lipinski definition) is 2. The van der Waals surface area contributed by atoms with Crippen molar-refractivity contribution in [3.05, 3.63) is 11.3 Å². The first-order chi connectivity index (χ1) is 8.27. The maximum atomic E-state index is 12.1. The molecule has 0 aliphatic heterocycles. The molecule has 0 bridgehead atoms. The van der Waals surface area contributed by atoms with E-state index >= 15 is 0 Å². The predicted molar refractivity (Wildman–Crippen MR) is 70.0 cm³/mol. The molecule has 1 amide bonds. The van der Waals surface area contributed by atoms with Gasteiger partial charge in [-0.1, -0.05) is 13.8 Å². The maximum absolute atomic E-state index is 12.1. The van der Waals surface area contributed by atoms with E-state index in [1.54, 1.807) is 6.92 Å². The van der Waals surface area contributed by atoms with Gasteiger partial charge in [0.15, 0.2) is 0 Å². The highest BCUT2D eigenvalue weighted by Crippen LogP contribution is 2.28. The summed E-state index contributed by atoms with van der Waals surface area (Å²) in [5, 5.41) is 9.43. The zero-order valence-corrected chi connectivity index (χ0v) is 11.6. The molecule has 3 N–H and O–H groups in total. The molecule has 7 heteroatoms. The Hall–Kier alpha value is -1.47. The summed E-state index contributed by atoms with van der Waals surface area (Å²) in [7, 11) is 1.52. The molecule has 0 aliphatic carbocycles. The van der Waals surface area contributed by atoms with Crippen LogP contribution in [0.2, 0.25) is 0 Å². The van der Waals surface area contributed by atoms with E-state index in [4.69, 9.17) is 10.8 Å². The van der Waals surface area contributed by atoms with Crippen molar-refractivity contribution in [2.75, 3.05) is 11.9 Å². The molecule has 0 spiro atoms. The summed E-state index contributed by atoms with van der Waals surface area (Å²) in [5.74, 6) is -1.41. The molecule has 0 radical (unpaired) electrons. The Labute approximate surface area is 110 Å². The first-order valence-electron chi connectivity index (χ1n) is 5.50. The molecule has 1 atom stereocenters. The van der Waals surface area contributed by atoms with Gasteiger partial charge in [0.1, 0.15) is 10.6 Å². The molecule has 100 valence electrons. The number of amides is 1. The lowest BCUT2D eigenvalue weighted by molar-refractivity contribution is -0.120. The Morgan fingerprint density at radius 3 is 2.44 bits per heavy atom. The van der Waals surface area contributed by atoms with E-state index in [-0.39, 0.29) is 17.4 Å². The zero-order chi connectivity index (χ0) is 14.0. The lowest BCUT2D eigenvalue weighted by Crippen LogP contribution is -2.45. The minimum Gasteiger partial charge on any atom is -0.478 e. The molecule has 18 heavy (non-hydrogen) atoms. The van der Waals surface area contributed by atoms with Crippen molar-refractivity contribution in [1.29, 1.82) is 0 Å². The van der Waals surface area contributed by atoms with Gasteiger partial charge in [0.25, 0.3) is 0 Å². The van der Waals surface area contributed by atoms with Crippen LogP contribution in [0.3, 0.4) is 0 Å². The number of hydrogen-bond acceptors (Lipinski definition) is 5. The van der Waals surface area contributed by atoms with Crippen LogP contribution in [0, 0.1) is 12.8 Å². The first kappa shape index (κ1) is 14.6. The summed E-state index contributed by atoms with van der Waals surface area (Å²) < 4.78 is 3.97. The monoisotopic (exact) mass is 271 g/mol. The molecular weight excluding hydrogens is 254 g/mol. The Kier molecular flexibility index (Phi) is 4.42. The lowest BCUT2D eigenvalue weighted by Gasteiger charge is -2.22. The van der Waals surface area contributed by atoms with Crippen molar-refractivity contribution >= 4 is 28.4 Å². The van der Waals surface area contributed by atoms with E-state index in [1.165, 1.54) is 11.9 Å². The lowest BCUT2D eigenvalue weighted by atomic mass is 10.0. The smallest absolute Gasteiger partial charge is 0.340 e. The Morgan fingerprint density at radius 1 is 1.44 bits per heavy atom. The molecule has 6 nitrogen and oxygen atoms in total. The molecule has 1 aromatic heterocycles. The van der Waals surface area contributed by atoms with Gasteiger partial charge in [-0.25, -0.2) is 4.79 Å². The van der Waals surface area contributed by atoms with Crippen LogP contribution in [0.5, 0.6) is 0 Å². The van der Waals surface area contributed by atoms with E-state index in [2.05, 4.69) is 4.37 Å². The third kappa shape index (κ3) is 2.68. The van der Waals surface area contributed by atoms with Crippen molar-refractivity contribution < 1.29 is 14.7 Å². The SMILES string of the molecule is Cc1nsc(N(C)C(=O)[C@@H](N)C(C)C)c1C(=O)O. The molecule has 0 saturated heterocycles. The summed E-state index contributed by atoms with van der Waals surface area (Å²) in [5.41, 5.74) is 6.24. The van der Waals surface area contributed by atoms with Gasteiger partial charge in [0, 0.05) is 7.05 Å². The number of aromatic carboxylic acids is 1. The van der Waals surface area contributed by atoms with E-state index in [0.29, 0.717) is 10.7 Å². The first-order valence-corrected chi connectivity index (χ1v) is 6.27. The predicted octanol–water partition coefficient (Wildman–Crippen LogP) is 1.10. The molecule has 1 rings (SSSR count). The van der Waals surface area contributed by atoms with Crippen molar-refractivity contribution in [1.82, 2.24) is 4.37 Å². The number of carboxylic acids is 1. The zero-order valence-electron chi connectivity index (χ0n) is 10.8. The fraction of sp³-hybridized carbons (Fsp3) is 0.545. The minimum atomic E-state index is -1.09. The van der Waals surface area contributed by atoms with Crippen LogP contribution >= 0.6 is 11.5 Å². The average Bonchev–Trinajstić information content (AvgIpc) is 2.68. The molecule has 0 fully saturated rings. The highest BCUT2D eigenvalue weighted by molar-refractivity contribution is 7.11. The van der Waals surface area contributed by atoms with Gasteiger partial charge in [-0.3, -0.25) is 4.79 Å². The van der Waals surface area contributed by atoms with Crippen molar-refractivity contribution in [2.24, 2.45) is 11.7 Å². The maximum Gasteiger partial charge on any atom is 0.340 e. The minimum absolute atomic E-state index is 0.0118. The molecule has 0 aromatic carbocycles. The van der Waals surface area contributed by atoms with Crippen LogP contribution < -0.4 is 10.6 Å². The largest absolute Gasteiger partial charge is 0.478 e. The summed E-state index contributed by atoms with van der Waals surface area (Å²) >= 11 is 0.989. The number of rotatable bonds is 4. The van der Waals surface area contributed by atoms with Gasteiger partial charge in [-0.15, -0.1) is 0 Å². The fourth-order valence-electron chi connectivity index (χ4n) is 1.44. The van der Waals surface area contributed by atoms with E-state index in [0.717, 1.165) is 11.5 Å². The molecule has 1 heterocycles. The molecule has 0 unspecified atom stereocenters. The summed E-state index contributed by atoms with van der Waals surface area (Å²) in [6.45, 7) is 5.28. The molecule has 1 aromatic rings. The topological polar surface area (TPSA) is 96.5 Å². The van der Waals surface area contributed by atoms with Crippen LogP contribution in [0.15, 0.2) is 0 Å². The van der Waals surface area contributed by atoms with Gasteiger partial charge >= 0.3 is 5.97 Å². The second kappa shape index (κ2) is 5.45. The number of anilines is 1. The van der Waals surface area contributed by atoms with Crippen molar-refractivity contribution in [3.8, 4) is 0 Å². The van der Waals surface area contributed by atoms with Crippen LogP contribution in [-0.4, -0.2) is 34.4 Å². The Bertz CT molecular complexity index is 470. The number of carbonyl (C=O) groups is 2. The Morgan fingerprint density at radius 2 is 2.00 bits per heavy atom. The van der Waals surface area contributed by atoms with Gasteiger partial charge in [0.2, 0.25) is 5.91 Å². The second-order valence-corrected chi connectivity index (χ2v) is 5.17. The normalized spacial score (nSPS) is 12.6. The Balaban J connectivity index is 3.08. The molecule has 0 saturated carbocycles. The number of nitrogens with two attached hydrogens (primary N) is 1. The number of nitrogens with zero attached hydrogens (tertiary/aromatic N) is 2. The van der Waals surface area contributed by atoms with Crippen LogP contribution in [-0.2, 0) is 4.79 Å². The standard InChI is InChI=1S/C11H17N3O3S/c1-5(2)8(12)9(15)14(4)10-7(11(16)17)6(3)13-18-10/h5,8H,12H2,1-4H3,(H,16,17)/t8-/m0/s1. The van der Waals surface area contributed by atoms with Crippen LogP contribution in [0.1, 0.15) is 29.9 Å². The quantitative estimate of drug-likeness (QED) is 0.854. The fourth-order valence-corrected chi connectivity index (χ4v) is 2.30. The van der Waals surface area contributed by atoms with E-state index in [9.17, 15) is 9.59 Å². The highest BCUT2D eigenvalue weighted by atomic mass is 32.1. The van der Waals surface area contributed by atoms with Crippen LogP contribution in [0.4, 0.5) is 5.00 Å². The number of carboxylic acid groups (broad SMARTS) is 1. The van der Waals surface area contributed by atoms with Crippen molar-refractivity contribution in [2.45, 2.75) is 26.8 Å². The number of aryl methyl sites for hydroxylation is 1.